The van der Waals surface area contributed by atoms with E-state index in [1.807, 2.05) is 0 Å². The van der Waals surface area contributed by atoms with E-state index < -0.39 is 0 Å². The molecule has 2 N–H and O–H groups in total. The van der Waals surface area contributed by atoms with Gasteiger partial charge in [-0.05, 0) is 57.4 Å². The van der Waals surface area contributed by atoms with Crippen LogP contribution in [0.1, 0.15) is 38.5 Å². The van der Waals surface area contributed by atoms with E-state index in [-0.39, 0.29) is 12.1 Å². The van der Waals surface area contributed by atoms with Crippen LogP contribution in [-0.4, -0.2) is 61.5 Å². The fourth-order valence-corrected chi connectivity index (χ4v) is 3.10. The van der Waals surface area contributed by atoms with E-state index in [1.54, 1.807) is 0 Å². The number of rotatable bonds is 11. The number of aliphatic hydroxyl groups excluding tert-OH is 1. The molecule has 0 spiro atoms. The minimum Gasteiger partial charge on any atom is -0.394 e. The van der Waals surface area contributed by atoms with Crippen molar-refractivity contribution in [2.75, 3.05) is 40.0 Å². The summed E-state index contributed by atoms with van der Waals surface area (Å²) in [5.41, 5.74) is -0.0631. The molecule has 3 aliphatic carbocycles. The lowest BCUT2D eigenvalue weighted by Gasteiger charge is -2.37. The van der Waals surface area contributed by atoms with Crippen LogP contribution < -0.4 is 5.32 Å². The second kappa shape index (κ2) is 6.30. The normalized spacial score (nSPS) is 25.9. The van der Waals surface area contributed by atoms with Crippen molar-refractivity contribution < 1.29 is 9.84 Å². The quantitative estimate of drug-likeness (QED) is 0.560. The molecule has 20 heavy (non-hydrogen) atoms. The Bertz CT molecular complexity index is 314. The Morgan fingerprint density at radius 2 is 1.95 bits per heavy atom. The maximum Gasteiger partial charge on any atom is 0.0628 e. The lowest BCUT2D eigenvalue weighted by Crippen LogP contribution is -2.58. The van der Waals surface area contributed by atoms with Crippen molar-refractivity contribution in [3.8, 4) is 0 Å². The minimum atomic E-state index is -0.0631. The van der Waals surface area contributed by atoms with Gasteiger partial charge in [-0.1, -0.05) is 0 Å². The molecule has 0 radical (unpaired) electrons. The van der Waals surface area contributed by atoms with Gasteiger partial charge in [0, 0.05) is 25.7 Å². The van der Waals surface area contributed by atoms with Gasteiger partial charge in [-0.2, -0.15) is 0 Å². The fourth-order valence-electron chi connectivity index (χ4n) is 3.10. The van der Waals surface area contributed by atoms with Crippen LogP contribution in [0.2, 0.25) is 0 Å². The Hall–Kier alpha value is -0.160. The molecule has 3 aliphatic rings. The summed E-state index contributed by atoms with van der Waals surface area (Å²) in [5.74, 6) is 1.52. The number of aliphatic hydroxyl groups is 1. The fraction of sp³-hybridized carbons (Fsp3) is 1.00. The molecule has 4 heteroatoms. The van der Waals surface area contributed by atoms with Crippen molar-refractivity contribution >= 4 is 0 Å². The van der Waals surface area contributed by atoms with Crippen molar-refractivity contribution in [3.63, 3.8) is 0 Å². The summed E-state index contributed by atoms with van der Waals surface area (Å²) in [6.45, 7) is 3.94. The highest BCUT2D eigenvalue weighted by Crippen LogP contribution is 2.41. The molecule has 0 aromatic carbocycles. The number of hydrogen-bond donors (Lipinski definition) is 2. The van der Waals surface area contributed by atoms with E-state index in [4.69, 9.17) is 4.74 Å². The monoisotopic (exact) mass is 282 g/mol. The van der Waals surface area contributed by atoms with Crippen molar-refractivity contribution in [3.05, 3.63) is 0 Å². The number of nitrogens with one attached hydrogen (secondary N) is 1. The number of hydrogen-bond acceptors (Lipinski definition) is 4. The van der Waals surface area contributed by atoms with Crippen LogP contribution >= 0.6 is 0 Å². The molecule has 1 unspecified atom stereocenters. The Morgan fingerprint density at radius 1 is 1.20 bits per heavy atom. The third-order valence-corrected chi connectivity index (χ3v) is 4.93. The van der Waals surface area contributed by atoms with Crippen LogP contribution in [0.15, 0.2) is 0 Å². The predicted molar refractivity (Wildman–Crippen MR) is 79.7 cm³/mol. The first-order valence-corrected chi connectivity index (χ1v) is 8.37. The third kappa shape index (κ3) is 4.17. The Balaban J connectivity index is 1.41. The lowest BCUT2D eigenvalue weighted by molar-refractivity contribution is 0.0690. The second-order valence-corrected chi connectivity index (χ2v) is 7.26. The first-order valence-electron chi connectivity index (χ1n) is 8.37. The maximum atomic E-state index is 9.94. The summed E-state index contributed by atoms with van der Waals surface area (Å²) in [7, 11) is 2.15. The topological polar surface area (TPSA) is 44.7 Å². The van der Waals surface area contributed by atoms with Crippen molar-refractivity contribution in [2.45, 2.75) is 50.1 Å². The largest absolute Gasteiger partial charge is 0.394 e. The molecule has 0 aliphatic heterocycles. The molecule has 3 rings (SSSR count). The van der Waals surface area contributed by atoms with Gasteiger partial charge in [-0.15, -0.1) is 0 Å². The van der Waals surface area contributed by atoms with Crippen LogP contribution in [0.25, 0.3) is 0 Å². The van der Waals surface area contributed by atoms with Crippen LogP contribution in [0.5, 0.6) is 0 Å². The van der Waals surface area contributed by atoms with Gasteiger partial charge in [0.2, 0.25) is 0 Å². The molecule has 0 amide bonds. The van der Waals surface area contributed by atoms with Gasteiger partial charge in [0.1, 0.15) is 0 Å². The molecule has 3 saturated carbocycles. The van der Waals surface area contributed by atoms with Crippen molar-refractivity contribution in [1.29, 1.82) is 0 Å². The Kier molecular flexibility index (Phi) is 4.65. The molecule has 0 bridgehead atoms. The van der Waals surface area contributed by atoms with Crippen LogP contribution in [0, 0.1) is 11.8 Å². The molecule has 3 fully saturated rings. The maximum absolute atomic E-state index is 9.94. The van der Waals surface area contributed by atoms with Crippen molar-refractivity contribution in [2.24, 2.45) is 11.8 Å². The molecule has 4 nitrogen and oxygen atoms in total. The van der Waals surface area contributed by atoms with E-state index in [1.165, 1.54) is 38.5 Å². The molecular weight excluding hydrogens is 252 g/mol. The third-order valence-electron chi connectivity index (χ3n) is 4.93. The minimum absolute atomic E-state index is 0.0631. The first kappa shape index (κ1) is 14.8. The number of ether oxygens (including phenoxy) is 1. The van der Waals surface area contributed by atoms with Crippen molar-refractivity contribution in [1.82, 2.24) is 10.2 Å². The highest BCUT2D eigenvalue weighted by Gasteiger charge is 2.47. The summed E-state index contributed by atoms with van der Waals surface area (Å²) >= 11 is 0. The van der Waals surface area contributed by atoms with E-state index in [2.05, 4.69) is 17.3 Å². The summed E-state index contributed by atoms with van der Waals surface area (Å²) in [4.78, 5) is 2.33. The average Bonchev–Trinajstić information content (AvgIpc) is 3.29. The molecular formula is C16H30N2O2. The highest BCUT2D eigenvalue weighted by atomic mass is 16.5. The molecule has 0 saturated heterocycles. The smallest absolute Gasteiger partial charge is 0.0628 e. The highest BCUT2D eigenvalue weighted by molar-refractivity contribution is 5.05. The van der Waals surface area contributed by atoms with Gasteiger partial charge < -0.3 is 20.1 Å². The zero-order valence-corrected chi connectivity index (χ0v) is 12.8. The van der Waals surface area contributed by atoms with Gasteiger partial charge in [0.05, 0.1) is 18.8 Å². The van der Waals surface area contributed by atoms with E-state index >= 15 is 0 Å². The summed E-state index contributed by atoms with van der Waals surface area (Å²) in [6.07, 6.45) is 7.82. The molecule has 0 aromatic rings. The zero-order chi connectivity index (χ0) is 14.0. The average molecular weight is 282 g/mol. The summed E-state index contributed by atoms with van der Waals surface area (Å²) in [6, 6.07) is 0.655. The van der Waals surface area contributed by atoms with Gasteiger partial charge in [0.15, 0.2) is 0 Å². The van der Waals surface area contributed by atoms with Crippen LogP contribution in [-0.2, 0) is 4.74 Å². The van der Waals surface area contributed by atoms with Gasteiger partial charge in [-0.25, -0.2) is 0 Å². The lowest BCUT2D eigenvalue weighted by atomic mass is 9.93. The van der Waals surface area contributed by atoms with E-state index in [9.17, 15) is 5.11 Å². The van der Waals surface area contributed by atoms with Gasteiger partial charge in [-0.3, -0.25) is 0 Å². The van der Waals surface area contributed by atoms with Gasteiger partial charge >= 0.3 is 0 Å². The number of likely N-dealkylation sites (N-methyl/N-ethyl adjacent to an activating group) is 1. The second-order valence-electron chi connectivity index (χ2n) is 7.26. The van der Waals surface area contributed by atoms with Crippen LogP contribution in [0.3, 0.4) is 0 Å². The van der Waals surface area contributed by atoms with Crippen LogP contribution in [0.4, 0.5) is 0 Å². The van der Waals surface area contributed by atoms with Gasteiger partial charge in [0.25, 0.3) is 0 Å². The Morgan fingerprint density at radius 3 is 2.50 bits per heavy atom. The summed E-state index contributed by atoms with van der Waals surface area (Å²) < 4.78 is 5.72. The zero-order valence-electron chi connectivity index (χ0n) is 12.8. The molecule has 1 atom stereocenters. The molecule has 0 aromatic heterocycles. The summed E-state index contributed by atoms with van der Waals surface area (Å²) in [5, 5.41) is 13.7. The van der Waals surface area contributed by atoms with E-state index in [0.29, 0.717) is 12.0 Å². The first-order chi connectivity index (χ1) is 9.72. The molecule has 116 valence electrons. The standard InChI is InChI=1S/C16H30N2O2/c1-18(8-9-20-10-13-2-3-13)11-16(12-19,14-4-5-14)17-15-6-7-15/h13-15,17,19H,2-12H2,1H3. The molecule has 0 heterocycles. The predicted octanol–water partition coefficient (Wildman–Crippen LogP) is 1.24. The van der Waals surface area contributed by atoms with E-state index in [0.717, 1.165) is 32.2 Å². The SMILES string of the molecule is CN(CCOCC1CC1)CC(CO)(NC1CC1)C1CC1. The number of nitrogens with zero attached hydrogens (tertiary/aromatic N) is 1. The Labute approximate surface area is 122 Å².